The quantitative estimate of drug-likeness (QED) is 0.812. The van der Waals surface area contributed by atoms with Crippen molar-refractivity contribution < 1.29 is 0 Å². The van der Waals surface area contributed by atoms with Crippen LogP contribution in [0.3, 0.4) is 0 Å². The fraction of sp³-hybridized carbons (Fsp3) is 0.429. The molecule has 0 heterocycles. The van der Waals surface area contributed by atoms with Crippen LogP contribution in [0.1, 0.15) is 32.8 Å². The lowest BCUT2D eigenvalue weighted by Crippen LogP contribution is -2.24. The molecule has 0 aliphatic rings. The van der Waals surface area contributed by atoms with Crippen LogP contribution in [0, 0.1) is 0 Å². The van der Waals surface area contributed by atoms with Crippen molar-refractivity contribution in [1.82, 2.24) is 5.32 Å². The smallest absolute Gasteiger partial charge is 0.0411 e. The molecule has 1 N–H and O–H groups in total. The van der Waals surface area contributed by atoms with E-state index in [1.807, 2.05) is 18.2 Å². The average molecular weight is 238 g/mol. The largest absolute Gasteiger partial charge is 0.311 e. The van der Waals surface area contributed by atoms with E-state index < -0.39 is 0 Å². The van der Waals surface area contributed by atoms with E-state index in [0.29, 0.717) is 6.04 Å². The highest BCUT2D eigenvalue weighted by atomic mass is 35.5. The number of halogens is 1. The van der Waals surface area contributed by atoms with E-state index in [9.17, 15) is 0 Å². The summed E-state index contributed by atoms with van der Waals surface area (Å²) < 4.78 is 0. The van der Waals surface area contributed by atoms with Gasteiger partial charge in [-0.3, -0.25) is 0 Å². The van der Waals surface area contributed by atoms with Gasteiger partial charge in [0.15, 0.2) is 0 Å². The van der Waals surface area contributed by atoms with Crippen LogP contribution in [0.2, 0.25) is 5.02 Å². The molecule has 0 saturated carbocycles. The summed E-state index contributed by atoms with van der Waals surface area (Å²) in [6.07, 6.45) is 3.27. The molecule has 0 fully saturated rings. The zero-order chi connectivity index (χ0) is 12.0. The summed E-state index contributed by atoms with van der Waals surface area (Å²) in [4.78, 5) is 0. The Hall–Kier alpha value is -0.790. The van der Waals surface area contributed by atoms with E-state index in [-0.39, 0.29) is 0 Å². The summed E-state index contributed by atoms with van der Waals surface area (Å²) in [5.41, 5.74) is 2.57. The number of nitrogens with one attached hydrogen (secondary N) is 1. The number of hydrogen-bond donors (Lipinski definition) is 1. The molecule has 1 nitrogen and oxygen atoms in total. The summed E-state index contributed by atoms with van der Waals surface area (Å²) in [6.45, 7) is 7.44. The van der Waals surface area contributed by atoms with Gasteiger partial charge < -0.3 is 5.32 Å². The second kappa shape index (κ2) is 6.72. The van der Waals surface area contributed by atoms with Gasteiger partial charge in [-0.1, -0.05) is 56.2 Å². The van der Waals surface area contributed by atoms with Gasteiger partial charge in [-0.2, -0.15) is 0 Å². The Balaban J connectivity index is 2.71. The molecule has 0 radical (unpaired) electrons. The molecule has 0 atom stereocenters. The molecule has 88 valence electrons. The number of benzene rings is 1. The van der Waals surface area contributed by atoms with Gasteiger partial charge in [-0.05, 0) is 24.1 Å². The first-order chi connectivity index (χ1) is 7.61. The lowest BCUT2D eigenvalue weighted by Gasteiger charge is -2.10. The highest BCUT2D eigenvalue weighted by molar-refractivity contribution is 6.30. The van der Waals surface area contributed by atoms with E-state index >= 15 is 0 Å². The first-order valence-corrected chi connectivity index (χ1v) is 6.18. The van der Waals surface area contributed by atoms with Gasteiger partial charge in [0, 0.05) is 17.6 Å². The van der Waals surface area contributed by atoms with Crippen LogP contribution in [-0.2, 0) is 0 Å². The Morgan fingerprint density at radius 1 is 1.44 bits per heavy atom. The maximum absolute atomic E-state index is 5.95. The molecule has 0 aromatic heterocycles. The molecule has 0 spiro atoms. The van der Waals surface area contributed by atoms with Crippen molar-refractivity contribution in [3.63, 3.8) is 0 Å². The molecule has 0 saturated heterocycles. The van der Waals surface area contributed by atoms with Crippen molar-refractivity contribution in [2.45, 2.75) is 33.2 Å². The van der Waals surface area contributed by atoms with Crippen molar-refractivity contribution in [1.29, 1.82) is 0 Å². The van der Waals surface area contributed by atoms with Gasteiger partial charge >= 0.3 is 0 Å². The molecule has 1 aromatic rings. The van der Waals surface area contributed by atoms with Crippen molar-refractivity contribution in [3.05, 3.63) is 40.4 Å². The number of rotatable bonds is 5. The van der Waals surface area contributed by atoms with Crippen LogP contribution < -0.4 is 5.32 Å². The molecular formula is C14H20ClN. The Labute approximate surface area is 104 Å². The Morgan fingerprint density at radius 3 is 2.75 bits per heavy atom. The molecule has 16 heavy (non-hydrogen) atoms. The fourth-order valence-electron chi connectivity index (χ4n) is 1.45. The second-order valence-electron chi connectivity index (χ2n) is 4.25. The first kappa shape index (κ1) is 13.3. The molecule has 1 rings (SSSR count). The Morgan fingerprint density at radius 2 is 2.19 bits per heavy atom. The maximum Gasteiger partial charge on any atom is 0.0411 e. The second-order valence-corrected chi connectivity index (χ2v) is 4.68. The van der Waals surface area contributed by atoms with Gasteiger partial charge in [0.2, 0.25) is 0 Å². The Kier molecular flexibility index (Phi) is 5.58. The molecule has 1 aromatic carbocycles. The molecular weight excluding hydrogens is 218 g/mol. The minimum atomic E-state index is 0.523. The summed E-state index contributed by atoms with van der Waals surface area (Å²) >= 11 is 5.95. The monoisotopic (exact) mass is 237 g/mol. The molecule has 0 unspecified atom stereocenters. The molecule has 0 aliphatic heterocycles. The summed E-state index contributed by atoms with van der Waals surface area (Å²) in [5, 5.41) is 4.22. The topological polar surface area (TPSA) is 12.0 Å². The van der Waals surface area contributed by atoms with Crippen LogP contribution >= 0.6 is 11.6 Å². The van der Waals surface area contributed by atoms with Gasteiger partial charge in [0.05, 0.1) is 0 Å². The van der Waals surface area contributed by atoms with E-state index in [0.717, 1.165) is 18.0 Å². The van der Waals surface area contributed by atoms with Crippen LogP contribution in [0.4, 0.5) is 0 Å². The highest BCUT2D eigenvalue weighted by Crippen LogP contribution is 2.14. The van der Waals surface area contributed by atoms with E-state index in [4.69, 9.17) is 11.6 Å². The molecule has 0 aliphatic carbocycles. The molecule has 2 heteroatoms. The summed E-state index contributed by atoms with van der Waals surface area (Å²) in [6, 6.07) is 8.48. The summed E-state index contributed by atoms with van der Waals surface area (Å²) in [7, 11) is 0. The van der Waals surface area contributed by atoms with Crippen molar-refractivity contribution >= 4 is 17.7 Å². The van der Waals surface area contributed by atoms with Crippen LogP contribution in [0.15, 0.2) is 29.8 Å². The third kappa shape index (κ3) is 4.82. The standard InChI is InChI=1S/C14H20ClN/c1-4-12(10-16-11(2)3)8-13-6-5-7-14(15)9-13/h5-9,11,16H,4,10H2,1-3H3. The zero-order valence-corrected chi connectivity index (χ0v) is 11.0. The van der Waals surface area contributed by atoms with Crippen LogP contribution in [0.5, 0.6) is 0 Å². The lowest BCUT2D eigenvalue weighted by atomic mass is 10.1. The van der Waals surface area contributed by atoms with E-state index in [1.165, 1.54) is 11.1 Å². The normalized spacial score (nSPS) is 12.2. The minimum absolute atomic E-state index is 0.523. The summed E-state index contributed by atoms with van der Waals surface area (Å²) in [5.74, 6) is 0. The fourth-order valence-corrected chi connectivity index (χ4v) is 1.64. The van der Waals surface area contributed by atoms with Gasteiger partial charge in [-0.15, -0.1) is 0 Å². The lowest BCUT2D eigenvalue weighted by molar-refractivity contribution is 0.617. The minimum Gasteiger partial charge on any atom is -0.311 e. The number of hydrogen-bond acceptors (Lipinski definition) is 1. The van der Waals surface area contributed by atoms with Gasteiger partial charge in [0.25, 0.3) is 0 Å². The molecule has 0 bridgehead atoms. The van der Waals surface area contributed by atoms with Crippen LogP contribution in [0.25, 0.3) is 6.08 Å². The highest BCUT2D eigenvalue weighted by Gasteiger charge is 1.98. The zero-order valence-electron chi connectivity index (χ0n) is 10.3. The average Bonchev–Trinajstić information content (AvgIpc) is 2.24. The first-order valence-electron chi connectivity index (χ1n) is 5.80. The van der Waals surface area contributed by atoms with Crippen molar-refractivity contribution in [2.75, 3.05) is 6.54 Å². The molecule has 0 amide bonds. The van der Waals surface area contributed by atoms with Crippen molar-refractivity contribution in [3.8, 4) is 0 Å². The predicted molar refractivity (Wildman–Crippen MR) is 72.9 cm³/mol. The SMILES string of the molecule is CCC(=Cc1cccc(Cl)c1)CNC(C)C. The van der Waals surface area contributed by atoms with Gasteiger partial charge in [0.1, 0.15) is 0 Å². The third-order valence-electron chi connectivity index (χ3n) is 2.41. The van der Waals surface area contributed by atoms with Crippen molar-refractivity contribution in [2.24, 2.45) is 0 Å². The van der Waals surface area contributed by atoms with Crippen LogP contribution in [-0.4, -0.2) is 12.6 Å². The van der Waals surface area contributed by atoms with E-state index in [1.54, 1.807) is 0 Å². The predicted octanol–water partition coefficient (Wildman–Crippen LogP) is 4.13. The third-order valence-corrected chi connectivity index (χ3v) is 2.65. The van der Waals surface area contributed by atoms with Gasteiger partial charge in [-0.25, -0.2) is 0 Å². The maximum atomic E-state index is 5.95. The van der Waals surface area contributed by atoms with E-state index in [2.05, 4.69) is 38.2 Å². The Bertz CT molecular complexity index is 356.